The molecule has 1 aliphatic heterocycles. The summed E-state index contributed by atoms with van der Waals surface area (Å²) in [5.74, 6) is 2.07. The second-order valence-electron chi connectivity index (χ2n) is 5.10. The highest BCUT2D eigenvalue weighted by Gasteiger charge is 2.34. The van der Waals surface area contributed by atoms with Crippen LogP contribution in [0.1, 0.15) is 17.0 Å². The van der Waals surface area contributed by atoms with Gasteiger partial charge in [0.15, 0.2) is 0 Å². The van der Waals surface area contributed by atoms with Crippen LogP contribution in [0.4, 0.5) is 0 Å². The van der Waals surface area contributed by atoms with Crippen molar-refractivity contribution in [3.05, 3.63) is 71.3 Å². The second-order valence-corrected chi connectivity index (χ2v) is 5.95. The van der Waals surface area contributed by atoms with E-state index in [-0.39, 0.29) is 10.9 Å². The van der Waals surface area contributed by atoms with E-state index in [2.05, 4.69) is 21.2 Å². The van der Waals surface area contributed by atoms with E-state index < -0.39 is 0 Å². The summed E-state index contributed by atoms with van der Waals surface area (Å²) in [7, 11) is 0. The first-order valence-electron chi connectivity index (χ1n) is 7.08. The number of pyridine rings is 2. The van der Waals surface area contributed by atoms with E-state index in [0.29, 0.717) is 21.8 Å². The number of hydrogen-bond donors (Lipinski definition) is 3. The summed E-state index contributed by atoms with van der Waals surface area (Å²) in [5, 5.41) is 10.8. The van der Waals surface area contributed by atoms with Crippen molar-refractivity contribution in [3.8, 4) is 0 Å². The van der Waals surface area contributed by atoms with Crippen molar-refractivity contribution in [2.75, 3.05) is 0 Å². The van der Waals surface area contributed by atoms with Gasteiger partial charge in [-0.15, -0.1) is 0 Å². The number of nitrogens with one attached hydrogen (secondary N) is 2. The predicted octanol–water partition coefficient (Wildman–Crippen LogP) is 2.36. The van der Waals surface area contributed by atoms with Gasteiger partial charge in [0.05, 0.1) is 17.2 Å². The molecule has 0 bridgehead atoms. The second kappa shape index (κ2) is 6.80. The largest absolute Gasteiger partial charge is 0.390 e. The molecule has 0 radical (unpaired) electrons. The molecule has 3 heterocycles. The molecule has 2 aromatic rings. The van der Waals surface area contributed by atoms with Crippen LogP contribution in [0.2, 0.25) is 0 Å². The smallest absolute Gasteiger partial charge is 0.117 e. The zero-order valence-electron chi connectivity index (χ0n) is 12.5. The van der Waals surface area contributed by atoms with Gasteiger partial charge in [-0.05, 0) is 35.7 Å². The molecule has 5 nitrogen and oxygen atoms in total. The SMILES string of the molecule is N=C=C1C(=S)NC(c2cccnc2)=C(C(N)=S)C1c1ccncc1. The fraction of sp³-hybridized carbons (Fsp3) is 0.0588. The molecular weight excluding hydrogens is 338 g/mol. The van der Waals surface area contributed by atoms with Crippen LogP contribution in [-0.2, 0) is 0 Å². The molecule has 1 aliphatic rings. The lowest BCUT2D eigenvalue weighted by Crippen LogP contribution is -2.36. The van der Waals surface area contributed by atoms with E-state index in [9.17, 15) is 0 Å². The minimum absolute atomic E-state index is 0.235. The fourth-order valence-corrected chi connectivity index (χ4v) is 3.18. The molecule has 1 unspecified atom stereocenters. The number of rotatable bonds is 3. The van der Waals surface area contributed by atoms with Gasteiger partial charge >= 0.3 is 0 Å². The van der Waals surface area contributed by atoms with E-state index in [4.69, 9.17) is 35.6 Å². The first-order valence-corrected chi connectivity index (χ1v) is 7.90. The van der Waals surface area contributed by atoms with E-state index in [1.165, 1.54) is 0 Å². The van der Waals surface area contributed by atoms with E-state index in [0.717, 1.165) is 11.1 Å². The Morgan fingerprint density at radius 2 is 1.96 bits per heavy atom. The third kappa shape index (κ3) is 2.88. The summed E-state index contributed by atoms with van der Waals surface area (Å²) >= 11 is 10.7. The molecule has 3 rings (SSSR count). The number of thiocarbonyl (C=S) groups is 2. The number of nitrogens with zero attached hydrogens (tertiary/aromatic N) is 2. The Balaban J connectivity index is 2.31. The maximum Gasteiger partial charge on any atom is 0.117 e. The molecular formula is C17H13N5S2. The zero-order chi connectivity index (χ0) is 17.1. The monoisotopic (exact) mass is 351 g/mol. The van der Waals surface area contributed by atoms with Gasteiger partial charge in [-0.1, -0.05) is 24.4 Å². The molecule has 0 fully saturated rings. The predicted molar refractivity (Wildman–Crippen MR) is 102 cm³/mol. The van der Waals surface area contributed by atoms with Crippen molar-refractivity contribution in [2.45, 2.75) is 5.92 Å². The van der Waals surface area contributed by atoms with Crippen LogP contribution in [0, 0.1) is 5.41 Å². The third-order valence-corrected chi connectivity index (χ3v) is 4.26. The quantitative estimate of drug-likeness (QED) is 0.447. The summed E-state index contributed by atoms with van der Waals surface area (Å²) in [5.41, 5.74) is 9.68. The van der Waals surface area contributed by atoms with Crippen LogP contribution in [0.15, 0.2) is 60.2 Å². The summed E-state index contributed by atoms with van der Waals surface area (Å²) in [4.78, 5) is 8.84. The van der Waals surface area contributed by atoms with Gasteiger partial charge in [0.25, 0.3) is 0 Å². The van der Waals surface area contributed by atoms with Gasteiger partial charge < -0.3 is 11.1 Å². The minimum Gasteiger partial charge on any atom is -0.390 e. The fourth-order valence-electron chi connectivity index (χ4n) is 2.69. The van der Waals surface area contributed by atoms with Crippen LogP contribution in [0.5, 0.6) is 0 Å². The minimum atomic E-state index is -0.369. The van der Waals surface area contributed by atoms with Gasteiger partial charge in [0, 0.05) is 35.9 Å². The molecule has 1 atom stereocenters. The molecule has 0 aliphatic carbocycles. The Hall–Kier alpha value is -2.73. The molecule has 24 heavy (non-hydrogen) atoms. The molecule has 118 valence electrons. The topological polar surface area (TPSA) is 87.7 Å². The Labute approximate surface area is 149 Å². The van der Waals surface area contributed by atoms with Gasteiger partial charge in [0.1, 0.15) is 9.98 Å². The standard InChI is InChI=1S/C17H13N5S2/c18-8-12-13(10-3-6-20-7-4-10)14(16(19)23)15(22-17(12)24)11-2-1-5-21-9-11/h1-7,9,13,18H,(H2,19,23)(H,22,24). The summed E-state index contributed by atoms with van der Waals surface area (Å²) < 4.78 is 0. The highest BCUT2D eigenvalue weighted by Crippen LogP contribution is 2.38. The molecule has 0 spiro atoms. The van der Waals surface area contributed by atoms with Crippen molar-refractivity contribution in [2.24, 2.45) is 5.73 Å². The summed E-state index contributed by atoms with van der Waals surface area (Å²) in [6.45, 7) is 0. The Bertz CT molecular complexity index is 884. The van der Waals surface area contributed by atoms with E-state index in [1.807, 2.05) is 24.3 Å². The van der Waals surface area contributed by atoms with Crippen LogP contribution < -0.4 is 11.1 Å². The van der Waals surface area contributed by atoms with Gasteiger partial charge in [-0.3, -0.25) is 15.4 Å². The van der Waals surface area contributed by atoms with Gasteiger partial charge in [-0.2, -0.15) is 0 Å². The van der Waals surface area contributed by atoms with Crippen molar-refractivity contribution in [3.63, 3.8) is 0 Å². The highest BCUT2D eigenvalue weighted by atomic mass is 32.1. The van der Waals surface area contributed by atoms with Crippen LogP contribution in [0.25, 0.3) is 5.70 Å². The molecule has 0 saturated carbocycles. The zero-order valence-corrected chi connectivity index (χ0v) is 14.1. The van der Waals surface area contributed by atoms with Gasteiger partial charge in [-0.25, -0.2) is 0 Å². The lowest BCUT2D eigenvalue weighted by molar-refractivity contribution is 0.970. The number of hydrogen-bond acceptors (Lipinski definition) is 5. The molecule has 0 saturated heterocycles. The maximum atomic E-state index is 7.66. The van der Waals surface area contributed by atoms with E-state index >= 15 is 0 Å². The Kier molecular flexibility index (Phi) is 4.57. The van der Waals surface area contributed by atoms with Gasteiger partial charge in [0.2, 0.25) is 0 Å². The molecule has 2 aromatic heterocycles. The van der Waals surface area contributed by atoms with E-state index in [1.54, 1.807) is 24.8 Å². The maximum absolute atomic E-state index is 7.66. The summed E-state index contributed by atoms with van der Waals surface area (Å²) in [6.07, 6.45) is 6.77. The third-order valence-electron chi connectivity index (χ3n) is 3.72. The molecule has 0 aromatic carbocycles. The molecule has 0 amide bonds. The van der Waals surface area contributed by atoms with Crippen molar-refractivity contribution >= 4 is 46.0 Å². The number of aromatic nitrogens is 2. The lowest BCUT2D eigenvalue weighted by atomic mass is 9.80. The normalized spacial score (nSPS) is 17.2. The molecule has 4 N–H and O–H groups in total. The first kappa shape index (κ1) is 16.1. The average Bonchev–Trinajstić information content (AvgIpc) is 2.62. The average molecular weight is 351 g/mol. The lowest BCUT2D eigenvalue weighted by Gasteiger charge is -2.31. The number of nitrogens with two attached hydrogens (primary N) is 1. The van der Waals surface area contributed by atoms with Crippen molar-refractivity contribution in [1.29, 1.82) is 5.41 Å². The van der Waals surface area contributed by atoms with Crippen LogP contribution in [0.3, 0.4) is 0 Å². The Morgan fingerprint density at radius 3 is 2.54 bits per heavy atom. The van der Waals surface area contributed by atoms with Crippen molar-refractivity contribution in [1.82, 2.24) is 15.3 Å². The summed E-state index contributed by atoms with van der Waals surface area (Å²) in [6, 6.07) is 7.44. The highest BCUT2D eigenvalue weighted by molar-refractivity contribution is 7.81. The Morgan fingerprint density at radius 1 is 1.21 bits per heavy atom. The van der Waals surface area contributed by atoms with Crippen molar-refractivity contribution < 1.29 is 0 Å². The first-order chi connectivity index (χ1) is 11.6. The van der Waals surface area contributed by atoms with Crippen LogP contribution in [-0.4, -0.2) is 25.8 Å². The van der Waals surface area contributed by atoms with Crippen LogP contribution >= 0.6 is 24.4 Å². The molecule has 7 heteroatoms.